The Morgan fingerprint density at radius 3 is 2.12 bits per heavy atom. The zero-order chi connectivity index (χ0) is 12.7. The average Bonchev–Trinajstić information content (AvgIpc) is 2.31. The highest BCUT2D eigenvalue weighted by molar-refractivity contribution is 7.87. The van der Waals surface area contributed by atoms with Gasteiger partial charge in [-0.15, -0.1) is 0 Å². The van der Waals surface area contributed by atoms with E-state index in [4.69, 9.17) is 0 Å². The van der Waals surface area contributed by atoms with Gasteiger partial charge in [-0.3, -0.25) is 8.42 Å². The second kappa shape index (κ2) is 7.35. The van der Waals surface area contributed by atoms with E-state index in [9.17, 15) is 8.42 Å². The number of hydrogen-bond acceptors (Lipinski definition) is 2. The number of rotatable bonds is 6. The first-order valence-corrected chi connectivity index (χ1v) is 8.00. The molecule has 0 saturated carbocycles. The molecule has 0 spiro atoms. The van der Waals surface area contributed by atoms with Crippen molar-refractivity contribution in [1.82, 2.24) is 0 Å². The highest BCUT2D eigenvalue weighted by atomic mass is 32.2. The van der Waals surface area contributed by atoms with Crippen molar-refractivity contribution >= 4 is 21.6 Å². The third-order valence-corrected chi connectivity index (χ3v) is 4.33. The summed E-state index contributed by atoms with van der Waals surface area (Å²) in [7, 11) is -2.06. The Hall–Kier alpha value is -1.00. The Bertz CT molecular complexity index is 464. The fourth-order valence-electron chi connectivity index (χ4n) is 1.40. The van der Waals surface area contributed by atoms with E-state index >= 15 is 0 Å². The van der Waals surface area contributed by atoms with E-state index in [-0.39, 0.29) is 0 Å². The van der Waals surface area contributed by atoms with Crippen LogP contribution >= 0.6 is 0 Å². The van der Waals surface area contributed by atoms with Gasteiger partial charge in [-0.05, 0) is 28.9 Å². The molecule has 0 aliphatic heterocycles. The normalized spacial score (nSPS) is 14.6. The van der Waals surface area contributed by atoms with Crippen LogP contribution in [0.1, 0.15) is 18.1 Å². The van der Waals surface area contributed by atoms with E-state index < -0.39 is 21.6 Å². The molecule has 17 heavy (non-hydrogen) atoms. The molecule has 2 unspecified atom stereocenters. The van der Waals surface area contributed by atoms with Crippen LogP contribution in [0.25, 0.3) is 0 Å². The van der Waals surface area contributed by atoms with Crippen LogP contribution in [0.5, 0.6) is 0 Å². The molecule has 92 valence electrons. The van der Waals surface area contributed by atoms with E-state index in [0.29, 0.717) is 11.5 Å². The van der Waals surface area contributed by atoms with Crippen LogP contribution in [-0.4, -0.2) is 8.42 Å². The number of benzene rings is 1. The highest BCUT2D eigenvalue weighted by Gasteiger charge is 2.06. The molecule has 0 heterocycles. The summed E-state index contributed by atoms with van der Waals surface area (Å²) in [6, 6.07) is 7.65. The van der Waals surface area contributed by atoms with Gasteiger partial charge in [0.05, 0.1) is 11.5 Å². The molecular weight excluding hydrogens is 252 g/mol. The predicted molar refractivity (Wildman–Crippen MR) is 75.1 cm³/mol. The summed E-state index contributed by atoms with van der Waals surface area (Å²) >= 11 is 0. The Morgan fingerprint density at radius 2 is 1.65 bits per heavy atom. The SMILES string of the molecule is C=CS(=O)Cc1ccccc1CS(=O)C=CC. The van der Waals surface area contributed by atoms with Crippen molar-refractivity contribution in [3.05, 3.63) is 58.9 Å². The molecule has 0 aliphatic carbocycles. The van der Waals surface area contributed by atoms with Gasteiger partial charge in [0.2, 0.25) is 0 Å². The Kier molecular flexibility index (Phi) is 6.08. The van der Waals surface area contributed by atoms with Crippen LogP contribution in [0, 0.1) is 0 Å². The maximum Gasteiger partial charge on any atom is 0.0529 e. The lowest BCUT2D eigenvalue weighted by Gasteiger charge is -2.06. The van der Waals surface area contributed by atoms with Crippen molar-refractivity contribution in [3.63, 3.8) is 0 Å². The van der Waals surface area contributed by atoms with E-state index in [1.54, 1.807) is 11.5 Å². The summed E-state index contributed by atoms with van der Waals surface area (Å²) < 4.78 is 23.1. The smallest absolute Gasteiger partial charge is 0.0529 e. The van der Waals surface area contributed by atoms with Crippen molar-refractivity contribution in [2.75, 3.05) is 0 Å². The minimum atomic E-state index is -1.06. The molecule has 1 aromatic rings. The average molecular weight is 268 g/mol. The third kappa shape index (κ3) is 4.79. The van der Waals surface area contributed by atoms with Crippen LogP contribution in [0.15, 0.2) is 47.7 Å². The zero-order valence-electron chi connectivity index (χ0n) is 9.80. The second-order valence-electron chi connectivity index (χ2n) is 3.45. The van der Waals surface area contributed by atoms with E-state index in [1.807, 2.05) is 31.2 Å². The van der Waals surface area contributed by atoms with E-state index in [0.717, 1.165) is 11.1 Å². The molecule has 0 radical (unpaired) electrons. The standard InChI is InChI=1S/C13H16O2S2/c1-3-9-17(15)11-13-8-6-5-7-12(13)10-16(14)4-2/h3-9H,2,10-11H2,1H3. The van der Waals surface area contributed by atoms with Gasteiger partial charge in [-0.1, -0.05) is 36.9 Å². The van der Waals surface area contributed by atoms with E-state index in [1.165, 1.54) is 5.41 Å². The summed E-state index contributed by atoms with van der Waals surface area (Å²) in [6.45, 7) is 5.35. The van der Waals surface area contributed by atoms with Crippen molar-refractivity contribution in [2.24, 2.45) is 0 Å². The molecule has 0 aliphatic rings. The summed E-state index contributed by atoms with van der Waals surface area (Å²) in [5.74, 6) is 0.904. The lowest BCUT2D eigenvalue weighted by atomic mass is 10.1. The maximum absolute atomic E-state index is 11.6. The number of hydrogen-bond donors (Lipinski definition) is 0. The molecule has 0 aromatic heterocycles. The van der Waals surface area contributed by atoms with Crippen molar-refractivity contribution < 1.29 is 8.42 Å². The van der Waals surface area contributed by atoms with Crippen LogP contribution in [0.3, 0.4) is 0 Å². The van der Waals surface area contributed by atoms with Gasteiger partial charge in [-0.2, -0.15) is 0 Å². The molecule has 0 fully saturated rings. The summed E-state index contributed by atoms with van der Waals surface area (Å²) in [5, 5.41) is 3.10. The molecule has 0 amide bonds. The molecule has 0 N–H and O–H groups in total. The summed E-state index contributed by atoms with van der Waals surface area (Å²) in [6.07, 6.45) is 1.78. The molecule has 1 aromatic carbocycles. The quantitative estimate of drug-likeness (QED) is 0.795. The summed E-state index contributed by atoms with van der Waals surface area (Å²) in [5.41, 5.74) is 1.96. The minimum absolute atomic E-state index is 0.437. The van der Waals surface area contributed by atoms with Gasteiger partial charge in [0.15, 0.2) is 0 Å². The molecule has 0 saturated heterocycles. The first-order valence-electron chi connectivity index (χ1n) is 5.24. The molecule has 0 bridgehead atoms. The zero-order valence-corrected chi connectivity index (χ0v) is 11.4. The van der Waals surface area contributed by atoms with Crippen molar-refractivity contribution in [1.29, 1.82) is 0 Å². The van der Waals surface area contributed by atoms with Gasteiger partial charge in [0.25, 0.3) is 0 Å². The molecular formula is C13H16O2S2. The van der Waals surface area contributed by atoms with Crippen molar-refractivity contribution in [3.8, 4) is 0 Å². The van der Waals surface area contributed by atoms with Gasteiger partial charge < -0.3 is 0 Å². The molecule has 4 heteroatoms. The fourth-order valence-corrected chi connectivity index (χ4v) is 3.10. The topological polar surface area (TPSA) is 34.1 Å². The monoisotopic (exact) mass is 268 g/mol. The van der Waals surface area contributed by atoms with Gasteiger partial charge in [-0.25, -0.2) is 0 Å². The van der Waals surface area contributed by atoms with Gasteiger partial charge in [0, 0.05) is 21.6 Å². The molecule has 1 rings (SSSR count). The Morgan fingerprint density at radius 1 is 1.12 bits per heavy atom. The van der Waals surface area contributed by atoms with Crippen LogP contribution < -0.4 is 0 Å². The lowest BCUT2D eigenvalue weighted by Crippen LogP contribution is -2.00. The minimum Gasteiger partial charge on any atom is -0.255 e. The first-order chi connectivity index (χ1) is 8.17. The fraction of sp³-hybridized carbons (Fsp3) is 0.231. The Labute approximate surface area is 107 Å². The van der Waals surface area contributed by atoms with Crippen LogP contribution in [-0.2, 0) is 33.1 Å². The highest BCUT2D eigenvalue weighted by Crippen LogP contribution is 2.14. The Balaban J connectivity index is 2.87. The first kappa shape index (κ1) is 14.1. The van der Waals surface area contributed by atoms with Crippen LogP contribution in [0.2, 0.25) is 0 Å². The third-order valence-electron chi connectivity index (χ3n) is 2.19. The van der Waals surface area contributed by atoms with Gasteiger partial charge in [0.1, 0.15) is 0 Å². The van der Waals surface area contributed by atoms with E-state index in [2.05, 4.69) is 6.58 Å². The summed E-state index contributed by atoms with van der Waals surface area (Å²) in [4.78, 5) is 0. The van der Waals surface area contributed by atoms with Crippen LogP contribution in [0.4, 0.5) is 0 Å². The lowest BCUT2D eigenvalue weighted by molar-refractivity contribution is 0.685. The van der Waals surface area contributed by atoms with Crippen molar-refractivity contribution in [2.45, 2.75) is 18.4 Å². The molecule has 2 atom stereocenters. The maximum atomic E-state index is 11.6. The number of allylic oxidation sites excluding steroid dienone is 1. The van der Waals surface area contributed by atoms with Gasteiger partial charge >= 0.3 is 0 Å². The largest absolute Gasteiger partial charge is 0.255 e. The molecule has 2 nitrogen and oxygen atoms in total. The second-order valence-corrected chi connectivity index (χ2v) is 6.16. The predicted octanol–water partition coefficient (Wildman–Crippen LogP) is 2.86.